The van der Waals surface area contributed by atoms with Gasteiger partial charge in [0.1, 0.15) is 6.33 Å². The number of aromatic nitrogens is 4. The lowest BCUT2D eigenvalue weighted by Crippen LogP contribution is -2.12. The minimum atomic E-state index is -0.169. The van der Waals surface area contributed by atoms with Crippen molar-refractivity contribution in [3.05, 3.63) is 77.0 Å². The number of hydrogen-bond donors (Lipinski definition) is 1. The molecule has 4 rings (SSSR count). The molecule has 1 N–H and O–H groups in total. The van der Waals surface area contributed by atoms with E-state index in [1.54, 1.807) is 24.3 Å². The Morgan fingerprint density at radius 2 is 1.88 bits per heavy atom. The molecule has 0 aliphatic rings. The molecule has 25 heavy (non-hydrogen) atoms. The predicted molar refractivity (Wildman–Crippen MR) is 98.8 cm³/mol. The molecule has 0 radical (unpaired) electrons. The Labute approximate surface area is 151 Å². The fourth-order valence-electron chi connectivity index (χ4n) is 2.57. The maximum Gasteiger partial charge on any atom is 0.255 e. The molecule has 1 aromatic heterocycles. The van der Waals surface area contributed by atoms with Crippen molar-refractivity contribution in [3.63, 3.8) is 0 Å². The first-order valence-corrected chi connectivity index (χ1v) is 8.33. The molecule has 0 unspecified atom stereocenters. The van der Waals surface area contributed by atoms with Crippen molar-refractivity contribution in [2.45, 2.75) is 0 Å². The van der Waals surface area contributed by atoms with Crippen LogP contribution < -0.4 is 5.32 Å². The van der Waals surface area contributed by atoms with Crippen LogP contribution in [0.25, 0.3) is 16.5 Å². The maximum absolute atomic E-state index is 12.4. The number of anilines is 1. The molecule has 0 aliphatic heterocycles. The van der Waals surface area contributed by atoms with Crippen molar-refractivity contribution in [3.8, 4) is 5.69 Å². The minimum absolute atomic E-state index is 0.169. The van der Waals surface area contributed by atoms with E-state index in [0.29, 0.717) is 5.56 Å². The summed E-state index contributed by atoms with van der Waals surface area (Å²) >= 11 is 3.53. The molecule has 0 fully saturated rings. The van der Waals surface area contributed by atoms with E-state index in [1.807, 2.05) is 36.4 Å². The number of carbonyl (C=O) groups excluding carboxylic acids is 1. The lowest BCUT2D eigenvalue weighted by atomic mass is 10.1. The number of carbonyl (C=O) groups is 1. The molecule has 0 aliphatic carbocycles. The summed E-state index contributed by atoms with van der Waals surface area (Å²) in [4.78, 5) is 12.4. The minimum Gasteiger partial charge on any atom is -0.322 e. The third-order valence-electron chi connectivity index (χ3n) is 3.83. The van der Waals surface area contributed by atoms with E-state index >= 15 is 0 Å². The summed E-state index contributed by atoms with van der Waals surface area (Å²) in [7, 11) is 0. The molecular formula is C18H12BrN5O. The van der Waals surface area contributed by atoms with Crippen LogP contribution >= 0.6 is 15.9 Å². The zero-order chi connectivity index (χ0) is 17.2. The molecule has 6 nitrogen and oxygen atoms in total. The van der Waals surface area contributed by atoms with Crippen LogP contribution in [0.15, 0.2) is 71.5 Å². The Bertz CT molecular complexity index is 1040. The molecule has 0 bridgehead atoms. The normalized spacial score (nSPS) is 10.8. The van der Waals surface area contributed by atoms with Gasteiger partial charge in [-0.3, -0.25) is 4.79 Å². The smallest absolute Gasteiger partial charge is 0.255 e. The summed E-state index contributed by atoms with van der Waals surface area (Å²) in [6.45, 7) is 0. The van der Waals surface area contributed by atoms with E-state index in [9.17, 15) is 4.79 Å². The van der Waals surface area contributed by atoms with Crippen molar-refractivity contribution in [2.24, 2.45) is 0 Å². The SMILES string of the molecule is O=C(Nc1ccc2c(Br)cccc2c1)c1ccc(-n2cnnn2)cc1. The van der Waals surface area contributed by atoms with Crippen molar-refractivity contribution in [1.29, 1.82) is 0 Å². The fourth-order valence-corrected chi connectivity index (χ4v) is 3.08. The summed E-state index contributed by atoms with van der Waals surface area (Å²) in [6.07, 6.45) is 1.50. The topological polar surface area (TPSA) is 72.7 Å². The summed E-state index contributed by atoms with van der Waals surface area (Å²) in [6, 6.07) is 18.9. The molecular weight excluding hydrogens is 382 g/mol. The zero-order valence-electron chi connectivity index (χ0n) is 12.9. The molecule has 0 atom stereocenters. The third-order valence-corrected chi connectivity index (χ3v) is 4.52. The number of halogens is 1. The fraction of sp³-hybridized carbons (Fsp3) is 0. The average Bonchev–Trinajstić information content (AvgIpc) is 3.17. The van der Waals surface area contributed by atoms with Crippen LogP contribution in [-0.4, -0.2) is 26.1 Å². The Kier molecular flexibility index (Phi) is 3.99. The van der Waals surface area contributed by atoms with E-state index < -0.39 is 0 Å². The van der Waals surface area contributed by atoms with Gasteiger partial charge >= 0.3 is 0 Å². The number of tetrazole rings is 1. The van der Waals surface area contributed by atoms with Crippen LogP contribution in [0.1, 0.15) is 10.4 Å². The van der Waals surface area contributed by atoms with Crippen LogP contribution in [0.4, 0.5) is 5.69 Å². The molecule has 1 amide bonds. The van der Waals surface area contributed by atoms with Gasteiger partial charge in [-0.25, -0.2) is 4.68 Å². The Balaban J connectivity index is 1.55. The number of rotatable bonds is 3. The highest BCUT2D eigenvalue weighted by molar-refractivity contribution is 9.10. The van der Waals surface area contributed by atoms with Gasteiger partial charge in [0, 0.05) is 15.7 Å². The Morgan fingerprint density at radius 3 is 2.64 bits per heavy atom. The quantitative estimate of drug-likeness (QED) is 0.573. The summed E-state index contributed by atoms with van der Waals surface area (Å²) in [5, 5.41) is 16.1. The highest BCUT2D eigenvalue weighted by Gasteiger charge is 2.08. The summed E-state index contributed by atoms with van der Waals surface area (Å²) < 4.78 is 2.56. The maximum atomic E-state index is 12.4. The number of nitrogens with zero attached hydrogens (tertiary/aromatic N) is 4. The second kappa shape index (κ2) is 6.45. The molecule has 7 heteroatoms. The van der Waals surface area contributed by atoms with E-state index in [4.69, 9.17) is 0 Å². The van der Waals surface area contributed by atoms with Gasteiger partial charge in [-0.1, -0.05) is 34.1 Å². The molecule has 0 saturated heterocycles. The van der Waals surface area contributed by atoms with E-state index in [-0.39, 0.29) is 5.91 Å². The van der Waals surface area contributed by atoms with Crippen LogP contribution in [0.5, 0.6) is 0 Å². The van der Waals surface area contributed by atoms with Crippen LogP contribution in [-0.2, 0) is 0 Å². The van der Waals surface area contributed by atoms with E-state index in [2.05, 4.69) is 36.8 Å². The molecule has 3 aromatic carbocycles. The van der Waals surface area contributed by atoms with Gasteiger partial charge < -0.3 is 5.32 Å². The van der Waals surface area contributed by atoms with Gasteiger partial charge in [-0.05, 0) is 63.7 Å². The van der Waals surface area contributed by atoms with Crippen LogP contribution in [0.3, 0.4) is 0 Å². The lowest BCUT2D eigenvalue weighted by molar-refractivity contribution is 0.102. The standard InChI is InChI=1S/C18H12BrN5O/c19-17-3-1-2-13-10-14(6-9-16(13)17)21-18(25)12-4-7-15(8-5-12)24-11-20-22-23-24/h1-11H,(H,21,25). The zero-order valence-corrected chi connectivity index (χ0v) is 14.5. The molecule has 0 spiro atoms. The van der Waals surface area contributed by atoms with Crippen LogP contribution in [0, 0.1) is 0 Å². The Hall–Kier alpha value is -3.06. The van der Waals surface area contributed by atoms with Gasteiger partial charge in [0.2, 0.25) is 0 Å². The van der Waals surface area contributed by atoms with E-state index in [0.717, 1.165) is 26.6 Å². The molecule has 122 valence electrons. The highest BCUT2D eigenvalue weighted by Crippen LogP contribution is 2.26. The van der Waals surface area contributed by atoms with Crippen molar-refractivity contribution < 1.29 is 4.79 Å². The van der Waals surface area contributed by atoms with Crippen molar-refractivity contribution in [1.82, 2.24) is 20.2 Å². The average molecular weight is 394 g/mol. The number of fused-ring (bicyclic) bond motifs is 1. The van der Waals surface area contributed by atoms with Gasteiger partial charge in [0.05, 0.1) is 5.69 Å². The van der Waals surface area contributed by atoms with E-state index in [1.165, 1.54) is 11.0 Å². The first kappa shape index (κ1) is 15.5. The van der Waals surface area contributed by atoms with Gasteiger partial charge in [0.15, 0.2) is 0 Å². The van der Waals surface area contributed by atoms with Gasteiger partial charge in [-0.15, -0.1) is 5.10 Å². The summed E-state index contributed by atoms with van der Waals surface area (Å²) in [5.41, 5.74) is 2.10. The van der Waals surface area contributed by atoms with Crippen molar-refractivity contribution in [2.75, 3.05) is 5.32 Å². The second-order valence-electron chi connectivity index (χ2n) is 5.43. The second-order valence-corrected chi connectivity index (χ2v) is 6.29. The monoisotopic (exact) mass is 393 g/mol. The summed E-state index contributed by atoms with van der Waals surface area (Å²) in [5.74, 6) is -0.169. The molecule has 4 aromatic rings. The number of benzene rings is 3. The number of amides is 1. The molecule has 1 heterocycles. The van der Waals surface area contributed by atoms with Crippen LogP contribution in [0.2, 0.25) is 0 Å². The Morgan fingerprint density at radius 1 is 1.04 bits per heavy atom. The first-order chi connectivity index (χ1) is 12.2. The third kappa shape index (κ3) is 3.14. The molecule has 0 saturated carbocycles. The largest absolute Gasteiger partial charge is 0.322 e. The highest BCUT2D eigenvalue weighted by atomic mass is 79.9. The number of nitrogens with one attached hydrogen (secondary N) is 1. The number of hydrogen-bond acceptors (Lipinski definition) is 4. The first-order valence-electron chi connectivity index (χ1n) is 7.54. The lowest BCUT2D eigenvalue weighted by Gasteiger charge is -2.08. The van der Waals surface area contributed by atoms with Gasteiger partial charge in [0.25, 0.3) is 5.91 Å². The van der Waals surface area contributed by atoms with Gasteiger partial charge in [-0.2, -0.15) is 0 Å². The van der Waals surface area contributed by atoms with Crippen molar-refractivity contribution >= 4 is 38.3 Å². The predicted octanol–water partition coefficient (Wildman–Crippen LogP) is 3.83.